The van der Waals surface area contributed by atoms with E-state index in [9.17, 15) is 9.59 Å². The van der Waals surface area contributed by atoms with Gasteiger partial charge >= 0.3 is 6.09 Å². The summed E-state index contributed by atoms with van der Waals surface area (Å²) >= 11 is 5.74. The van der Waals surface area contributed by atoms with Crippen LogP contribution in [0.2, 0.25) is 0 Å². The summed E-state index contributed by atoms with van der Waals surface area (Å²) in [6, 6.07) is 22.1. The molecule has 182 valence electrons. The molecule has 0 fully saturated rings. The third kappa shape index (κ3) is 4.81. The van der Waals surface area contributed by atoms with E-state index >= 15 is 0 Å². The van der Waals surface area contributed by atoms with Crippen LogP contribution in [-0.4, -0.2) is 41.2 Å². The van der Waals surface area contributed by atoms with Crippen molar-refractivity contribution >= 4 is 22.9 Å². The summed E-state index contributed by atoms with van der Waals surface area (Å²) in [6.07, 6.45) is -0.832. The zero-order valence-electron chi connectivity index (χ0n) is 19.3. The number of fused-ring (bicyclic) bond motifs is 3. The van der Waals surface area contributed by atoms with Crippen molar-refractivity contribution in [3.8, 4) is 28.3 Å². The van der Waals surface area contributed by atoms with Gasteiger partial charge < -0.3 is 19.3 Å². The lowest BCUT2D eigenvalue weighted by molar-refractivity contribution is -0.113. The number of carbonyl (C=O) groups is 2. The van der Waals surface area contributed by atoms with Crippen molar-refractivity contribution in [3.63, 3.8) is 0 Å². The first-order valence-electron chi connectivity index (χ1n) is 11.3. The molecule has 5 rings (SSSR count). The Hall–Kier alpha value is -4.17. The number of carbonyl (C=O) groups excluding carboxylic acids is 2. The van der Waals surface area contributed by atoms with Gasteiger partial charge in [-0.2, -0.15) is 4.98 Å². The summed E-state index contributed by atoms with van der Waals surface area (Å²) in [5.74, 6) is 1.09. The van der Waals surface area contributed by atoms with Crippen LogP contribution in [0.5, 0.6) is 5.75 Å². The van der Waals surface area contributed by atoms with Crippen LogP contribution in [0, 0.1) is 0 Å². The van der Waals surface area contributed by atoms with Crippen molar-refractivity contribution in [2.24, 2.45) is 0 Å². The fourth-order valence-electron chi connectivity index (χ4n) is 4.34. The van der Waals surface area contributed by atoms with E-state index in [0.29, 0.717) is 17.1 Å². The molecule has 1 aliphatic carbocycles. The third-order valence-electron chi connectivity index (χ3n) is 6.10. The molecule has 9 heteroatoms. The molecule has 0 aliphatic heterocycles. The smallest absolute Gasteiger partial charge is 0.407 e. The van der Waals surface area contributed by atoms with E-state index in [1.807, 2.05) is 36.4 Å². The molecule has 0 bridgehead atoms. The Kier molecular flexibility index (Phi) is 6.69. The maximum Gasteiger partial charge on any atom is 0.407 e. The standard InChI is InChI=1S/C27H22ClN3O5/c1-34-17-12-10-16(11-13-17)26-30-24(36-31-26)14-23(25(28)32)29-27(33)35-15-22-20-8-4-2-6-18(20)19-7-3-5-9-21(19)22/h2-13,22-23H,14-15H2,1H3,(H,29,33). The number of amides is 1. The Labute approximate surface area is 212 Å². The predicted molar refractivity (Wildman–Crippen MR) is 133 cm³/mol. The average Bonchev–Trinajstić information content (AvgIpc) is 3.50. The summed E-state index contributed by atoms with van der Waals surface area (Å²) in [6.45, 7) is 0.116. The summed E-state index contributed by atoms with van der Waals surface area (Å²) in [5, 5.41) is 5.68. The normalized spacial score (nSPS) is 12.9. The Balaban J connectivity index is 1.23. The van der Waals surface area contributed by atoms with E-state index in [2.05, 4.69) is 27.6 Å². The molecular weight excluding hydrogens is 482 g/mol. The molecule has 3 aromatic carbocycles. The Morgan fingerprint density at radius 1 is 1.00 bits per heavy atom. The molecule has 1 amide bonds. The highest BCUT2D eigenvalue weighted by Crippen LogP contribution is 2.44. The van der Waals surface area contributed by atoms with Gasteiger partial charge in [0.25, 0.3) is 0 Å². The highest BCUT2D eigenvalue weighted by molar-refractivity contribution is 6.64. The Morgan fingerprint density at radius 2 is 1.64 bits per heavy atom. The first kappa shape index (κ1) is 23.6. The molecule has 36 heavy (non-hydrogen) atoms. The highest BCUT2D eigenvalue weighted by atomic mass is 35.5. The lowest BCUT2D eigenvalue weighted by atomic mass is 9.98. The maximum absolute atomic E-state index is 12.6. The number of ether oxygens (including phenoxy) is 2. The number of aromatic nitrogens is 2. The number of halogens is 1. The topological polar surface area (TPSA) is 104 Å². The van der Waals surface area contributed by atoms with E-state index in [4.69, 9.17) is 25.6 Å². The molecule has 8 nitrogen and oxygen atoms in total. The molecule has 1 heterocycles. The molecule has 0 spiro atoms. The summed E-state index contributed by atoms with van der Waals surface area (Å²) in [7, 11) is 1.58. The second kappa shape index (κ2) is 10.2. The zero-order valence-corrected chi connectivity index (χ0v) is 20.1. The lowest BCUT2D eigenvalue weighted by Crippen LogP contribution is -2.41. The van der Waals surface area contributed by atoms with Crippen LogP contribution in [-0.2, 0) is 16.0 Å². The van der Waals surface area contributed by atoms with E-state index in [0.717, 1.165) is 22.3 Å². The van der Waals surface area contributed by atoms with Gasteiger partial charge in [-0.1, -0.05) is 53.7 Å². The second-order valence-electron chi connectivity index (χ2n) is 8.27. The number of nitrogens with zero attached hydrogens (tertiary/aromatic N) is 2. The number of hydrogen-bond acceptors (Lipinski definition) is 7. The molecule has 1 aromatic heterocycles. The van der Waals surface area contributed by atoms with Crippen molar-refractivity contribution in [1.82, 2.24) is 15.5 Å². The van der Waals surface area contributed by atoms with Crippen molar-refractivity contribution in [3.05, 3.63) is 89.8 Å². The van der Waals surface area contributed by atoms with Gasteiger partial charge in [-0.3, -0.25) is 4.79 Å². The van der Waals surface area contributed by atoms with E-state index in [1.165, 1.54) is 0 Å². The first-order chi connectivity index (χ1) is 17.5. The molecule has 4 aromatic rings. The first-order valence-corrected chi connectivity index (χ1v) is 11.7. The van der Waals surface area contributed by atoms with Crippen LogP contribution in [0.4, 0.5) is 4.79 Å². The monoisotopic (exact) mass is 503 g/mol. The lowest BCUT2D eigenvalue weighted by Gasteiger charge is -2.16. The largest absolute Gasteiger partial charge is 0.497 e. The van der Waals surface area contributed by atoms with Crippen LogP contribution in [0.3, 0.4) is 0 Å². The van der Waals surface area contributed by atoms with Gasteiger partial charge in [-0.05, 0) is 58.1 Å². The summed E-state index contributed by atoms with van der Waals surface area (Å²) in [5.41, 5.74) is 5.14. The molecule has 1 atom stereocenters. The van der Waals surface area contributed by atoms with Crippen molar-refractivity contribution in [2.75, 3.05) is 13.7 Å². The quantitative estimate of drug-likeness (QED) is 0.339. The van der Waals surface area contributed by atoms with E-state index < -0.39 is 17.4 Å². The molecular formula is C27H22ClN3O5. The van der Waals surface area contributed by atoms with Crippen molar-refractivity contribution < 1.29 is 23.6 Å². The number of nitrogens with one attached hydrogen (secondary N) is 1. The number of benzene rings is 3. The zero-order chi connectivity index (χ0) is 25.1. The number of hydrogen-bond donors (Lipinski definition) is 1. The minimum atomic E-state index is -1.09. The fraction of sp³-hybridized carbons (Fsp3) is 0.185. The van der Waals surface area contributed by atoms with Crippen LogP contribution in [0.15, 0.2) is 77.3 Å². The van der Waals surface area contributed by atoms with E-state index in [1.54, 1.807) is 31.4 Å². The molecule has 1 aliphatic rings. The molecule has 0 radical (unpaired) electrons. The van der Waals surface area contributed by atoms with E-state index in [-0.39, 0.29) is 24.8 Å². The molecule has 1 unspecified atom stereocenters. The van der Waals surface area contributed by atoms with Gasteiger partial charge in [0.2, 0.25) is 17.0 Å². The minimum absolute atomic E-state index is 0.0737. The van der Waals surface area contributed by atoms with Crippen LogP contribution in [0.25, 0.3) is 22.5 Å². The minimum Gasteiger partial charge on any atom is -0.497 e. The SMILES string of the molecule is COc1ccc(-c2noc(CC(NC(=O)OCC3c4ccccc4-c4ccccc43)C(=O)Cl)n2)cc1. The summed E-state index contributed by atoms with van der Waals surface area (Å²) < 4.78 is 15.9. The van der Waals surface area contributed by atoms with Gasteiger partial charge in [-0.15, -0.1) is 0 Å². The number of alkyl carbamates (subject to hydrolysis) is 1. The average molecular weight is 504 g/mol. The van der Waals surface area contributed by atoms with Gasteiger partial charge in [-0.25, -0.2) is 4.79 Å². The third-order valence-corrected chi connectivity index (χ3v) is 6.37. The van der Waals surface area contributed by atoms with Crippen LogP contribution >= 0.6 is 11.6 Å². The van der Waals surface area contributed by atoms with Gasteiger partial charge in [0.15, 0.2) is 0 Å². The molecule has 0 saturated carbocycles. The number of rotatable bonds is 8. The van der Waals surface area contributed by atoms with Crippen LogP contribution in [0.1, 0.15) is 22.9 Å². The maximum atomic E-state index is 12.6. The highest BCUT2D eigenvalue weighted by Gasteiger charge is 2.30. The van der Waals surface area contributed by atoms with Crippen LogP contribution < -0.4 is 10.1 Å². The van der Waals surface area contributed by atoms with Gasteiger partial charge in [0.05, 0.1) is 13.5 Å². The van der Waals surface area contributed by atoms with Crippen molar-refractivity contribution in [1.29, 1.82) is 0 Å². The van der Waals surface area contributed by atoms with Gasteiger partial charge in [0.1, 0.15) is 18.4 Å². The molecule has 0 saturated heterocycles. The van der Waals surface area contributed by atoms with Crippen molar-refractivity contribution in [2.45, 2.75) is 18.4 Å². The van der Waals surface area contributed by atoms with Gasteiger partial charge in [0, 0.05) is 11.5 Å². The molecule has 1 N–H and O–H groups in total. The second-order valence-corrected chi connectivity index (χ2v) is 8.64. The number of methoxy groups -OCH3 is 1. The Morgan fingerprint density at radius 3 is 2.25 bits per heavy atom. The fourth-order valence-corrected chi connectivity index (χ4v) is 4.47. The Bertz CT molecular complexity index is 1360. The predicted octanol–water partition coefficient (Wildman–Crippen LogP) is 4.96. The summed E-state index contributed by atoms with van der Waals surface area (Å²) in [4.78, 5) is 28.9.